The smallest absolute Gasteiger partial charge is 0.158 e. The second-order valence-corrected chi connectivity index (χ2v) is 4.05. The predicted molar refractivity (Wildman–Crippen MR) is 76.3 cm³/mol. The van der Waals surface area contributed by atoms with E-state index in [0.29, 0.717) is 17.3 Å². The summed E-state index contributed by atoms with van der Waals surface area (Å²) in [6.07, 6.45) is 2.85. The van der Waals surface area contributed by atoms with Crippen LogP contribution in [0.4, 0.5) is 17.3 Å². The molecule has 0 aromatic carbocycles. The first-order valence-electron chi connectivity index (χ1n) is 5.84. The minimum Gasteiger partial charge on any atom is -0.386 e. The van der Waals surface area contributed by atoms with Crippen LogP contribution in [0.5, 0.6) is 0 Å². The molecule has 2 aromatic rings. The lowest BCUT2D eigenvalue weighted by Crippen LogP contribution is -2.03. The molecule has 0 aliphatic heterocycles. The minimum absolute atomic E-state index is 0.259. The van der Waals surface area contributed by atoms with Crippen molar-refractivity contribution in [1.82, 2.24) is 20.2 Å². The zero-order chi connectivity index (χ0) is 14.5. The standard InChI is InChI=1S/C13H13N7/c1-8(2)13-10(15-3)4-11(19-20-13)18-12-7-16-9(5-14)6-17-12/h4,6-7H,1H2,2-3H3,(H2,15,17,18,19). The monoisotopic (exact) mass is 267 g/mol. The highest BCUT2D eigenvalue weighted by Crippen LogP contribution is 2.22. The van der Waals surface area contributed by atoms with E-state index in [2.05, 4.69) is 37.4 Å². The molecule has 100 valence electrons. The Balaban J connectivity index is 2.25. The third-order valence-electron chi connectivity index (χ3n) is 2.49. The van der Waals surface area contributed by atoms with Gasteiger partial charge in [-0.2, -0.15) is 5.26 Å². The van der Waals surface area contributed by atoms with Crippen molar-refractivity contribution in [2.75, 3.05) is 17.7 Å². The first kappa shape index (κ1) is 13.4. The van der Waals surface area contributed by atoms with Crippen molar-refractivity contribution in [3.8, 4) is 6.07 Å². The molecule has 0 saturated heterocycles. The van der Waals surface area contributed by atoms with Crippen molar-refractivity contribution in [2.45, 2.75) is 6.92 Å². The van der Waals surface area contributed by atoms with Gasteiger partial charge < -0.3 is 10.6 Å². The molecule has 0 amide bonds. The molecule has 0 radical (unpaired) electrons. The number of nitrogens with one attached hydrogen (secondary N) is 2. The van der Waals surface area contributed by atoms with Gasteiger partial charge in [0.1, 0.15) is 17.6 Å². The van der Waals surface area contributed by atoms with E-state index in [1.54, 1.807) is 13.1 Å². The Morgan fingerprint density at radius 2 is 2.05 bits per heavy atom. The van der Waals surface area contributed by atoms with Gasteiger partial charge in [0, 0.05) is 13.1 Å². The summed E-state index contributed by atoms with van der Waals surface area (Å²) in [6, 6.07) is 3.71. The maximum absolute atomic E-state index is 8.66. The fraction of sp³-hybridized carbons (Fsp3) is 0.154. The lowest BCUT2D eigenvalue weighted by atomic mass is 10.2. The predicted octanol–water partition coefficient (Wildman–Crippen LogP) is 1.96. The van der Waals surface area contributed by atoms with Gasteiger partial charge in [-0.05, 0) is 12.5 Å². The van der Waals surface area contributed by atoms with Crippen LogP contribution >= 0.6 is 0 Å². The van der Waals surface area contributed by atoms with Crippen LogP contribution < -0.4 is 10.6 Å². The zero-order valence-corrected chi connectivity index (χ0v) is 11.2. The first-order chi connectivity index (χ1) is 9.63. The number of aromatic nitrogens is 4. The van der Waals surface area contributed by atoms with Crippen molar-refractivity contribution in [3.05, 3.63) is 36.4 Å². The van der Waals surface area contributed by atoms with E-state index in [4.69, 9.17) is 5.26 Å². The van der Waals surface area contributed by atoms with Gasteiger partial charge in [-0.15, -0.1) is 10.2 Å². The summed E-state index contributed by atoms with van der Waals surface area (Å²) in [4.78, 5) is 7.97. The van der Waals surface area contributed by atoms with Crippen LogP contribution in [-0.4, -0.2) is 27.2 Å². The summed E-state index contributed by atoms with van der Waals surface area (Å²) in [7, 11) is 1.80. The second kappa shape index (κ2) is 5.75. The number of nitrogens with zero attached hydrogens (tertiary/aromatic N) is 5. The molecule has 0 aliphatic carbocycles. The van der Waals surface area contributed by atoms with E-state index in [-0.39, 0.29) is 5.69 Å². The first-order valence-corrected chi connectivity index (χ1v) is 5.84. The molecule has 0 saturated carbocycles. The Morgan fingerprint density at radius 3 is 2.60 bits per heavy atom. The number of allylic oxidation sites excluding steroid dienone is 1. The van der Waals surface area contributed by atoms with Crippen LogP contribution in [0.1, 0.15) is 18.3 Å². The van der Waals surface area contributed by atoms with Crippen LogP contribution in [0, 0.1) is 11.3 Å². The van der Waals surface area contributed by atoms with E-state index < -0.39 is 0 Å². The highest BCUT2D eigenvalue weighted by Gasteiger charge is 2.07. The van der Waals surface area contributed by atoms with E-state index in [1.807, 2.05) is 13.0 Å². The molecule has 2 aromatic heterocycles. The highest BCUT2D eigenvalue weighted by molar-refractivity contribution is 5.72. The normalized spacial score (nSPS) is 9.65. The molecule has 2 N–H and O–H groups in total. The lowest BCUT2D eigenvalue weighted by Gasteiger charge is -2.09. The van der Waals surface area contributed by atoms with Gasteiger partial charge in [-0.25, -0.2) is 9.97 Å². The topological polar surface area (TPSA) is 99.4 Å². The van der Waals surface area contributed by atoms with Crippen LogP contribution in [0.3, 0.4) is 0 Å². The molecule has 0 bridgehead atoms. The summed E-state index contributed by atoms with van der Waals surface area (Å²) in [6.45, 7) is 5.72. The Kier molecular flexibility index (Phi) is 3.86. The van der Waals surface area contributed by atoms with Gasteiger partial charge in [0.05, 0.1) is 18.1 Å². The van der Waals surface area contributed by atoms with Crippen LogP contribution in [0.15, 0.2) is 25.0 Å². The molecule has 0 spiro atoms. The Morgan fingerprint density at radius 1 is 1.25 bits per heavy atom. The van der Waals surface area contributed by atoms with Crippen molar-refractivity contribution in [2.24, 2.45) is 0 Å². The Hall–Kier alpha value is -3.01. The second-order valence-electron chi connectivity index (χ2n) is 4.05. The number of hydrogen-bond donors (Lipinski definition) is 2. The van der Waals surface area contributed by atoms with Gasteiger partial charge >= 0.3 is 0 Å². The van der Waals surface area contributed by atoms with Crippen molar-refractivity contribution >= 4 is 22.9 Å². The maximum atomic E-state index is 8.66. The van der Waals surface area contributed by atoms with Gasteiger partial charge in [0.25, 0.3) is 0 Å². The maximum Gasteiger partial charge on any atom is 0.158 e. The lowest BCUT2D eigenvalue weighted by molar-refractivity contribution is 1.01. The molecular weight excluding hydrogens is 254 g/mol. The summed E-state index contributed by atoms with van der Waals surface area (Å²) in [5.74, 6) is 1.02. The number of rotatable bonds is 4. The third-order valence-corrected chi connectivity index (χ3v) is 2.49. The molecule has 2 heterocycles. The molecule has 0 aliphatic rings. The van der Waals surface area contributed by atoms with E-state index in [1.165, 1.54) is 12.4 Å². The SMILES string of the molecule is C=C(C)c1nnc(Nc2cnc(C#N)cn2)cc1NC. The average molecular weight is 267 g/mol. The van der Waals surface area contributed by atoms with E-state index in [0.717, 1.165) is 11.3 Å². The Bertz CT molecular complexity index is 670. The molecule has 0 atom stereocenters. The largest absolute Gasteiger partial charge is 0.386 e. The summed E-state index contributed by atoms with van der Waals surface area (Å²) in [5, 5.41) is 22.8. The van der Waals surface area contributed by atoms with E-state index >= 15 is 0 Å². The number of anilines is 3. The molecule has 20 heavy (non-hydrogen) atoms. The molecule has 7 heteroatoms. The molecule has 0 fully saturated rings. The van der Waals surface area contributed by atoms with E-state index in [9.17, 15) is 0 Å². The zero-order valence-electron chi connectivity index (χ0n) is 11.2. The quantitative estimate of drug-likeness (QED) is 0.873. The molecule has 2 rings (SSSR count). The summed E-state index contributed by atoms with van der Waals surface area (Å²) in [5.41, 5.74) is 2.61. The van der Waals surface area contributed by atoms with Gasteiger partial charge in [-0.1, -0.05) is 6.58 Å². The Labute approximate surface area is 116 Å². The number of nitriles is 1. The van der Waals surface area contributed by atoms with Crippen LogP contribution in [-0.2, 0) is 0 Å². The minimum atomic E-state index is 0.259. The van der Waals surface area contributed by atoms with Crippen molar-refractivity contribution in [1.29, 1.82) is 5.26 Å². The van der Waals surface area contributed by atoms with Gasteiger partial charge in [0.15, 0.2) is 11.5 Å². The molecule has 7 nitrogen and oxygen atoms in total. The number of hydrogen-bond acceptors (Lipinski definition) is 7. The fourth-order valence-electron chi connectivity index (χ4n) is 1.54. The van der Waals surface area contributed by atoms with Crippen LogP contribution in [0.25, 0.3) is 5.57 Å². The summed E-state index contributed by atoms with van der Waals surface area (Å²) < 4.78 is 0. The van der Waals surface area contributed by atoms with Crippen molar-refractivity contribution < 1.29 is 0 Å². The fourth-order valence-corrected chi connectivity index (χ4v) is 1.54. The molecule has 0 unspecified atom stereocenters. The van der Waals surface area contributed by atoms with Gasteiger partial charge in [-0.3, -0.25) is 0 Å². The highest BCUT2D eigenvalue weighted by atomic mass is 15.2. The third kappa shape index (κ3) is 2.87. The van der Waals surface area contributed by atoms with Crippen LogP contribution in [0.2, 0.25) is 0 Å². The van der Waals surface area contributed by atoms with Gasteiger partial charge in [0.2, 0.25) is 0 Å². The average Bonchev–Trinajstić information content (AvgIpc) is 2.47. The van der Waals surface area contributed by atoms with Crippen molar-refractivity contribution in [3.63, 3.8) is 0 Å². The molecular formula is C13H13N7. The summed E-state index contributed by atoms with van der Waals surface area (Å²) >= 11 is 0.